The number of amides is 1. The maximum absolute atomic E-state index is 12.6. The summed E-state index contributed by atoms with van der Waals surface area (Å²) in [4.78, 5) is 15.6. The zero-order valence-corrected chi connectivity index (χ0v) is 16.8. The van der Waals surface area contributed by atoms with Gasteiger partial charge < -0.3 is 5.32 Å². The van der Waals surface area contributed by atoms with Crippen LogP contribution in [-0.4, -0.2) is 56.3 Å². The van der Waals surface area contributed by atoms with Crippen molar-refractivity contribution in [2.45, 2.75) is 13.0 Å². The van der Waals surface area contributed by atoms with Gasteiger partial charge in [0.2, 0.25) is 5.91 Å². The summed E-state index contributed by atoms with van der Waals surface area (Å²) in [7, 11) is -3.66. The number of hydrogen-bond donors (Lipinski definition) is 2. The van der Waals surface area contributed by atoms with Gasteiger partial charge in [-0.15, -0.1) is 11.3 Å². The maximum atomic E-state index is 12.6. The summed E-state index contributed by atoms with van der Waals surface area (Å²) in [5.74, 6) is -0.0852. The second-order valence-corrected chi connectivity index (χ2v) is 9.17. The molecule has 1 fully saturated rings. The van der Waals surface area contributed by atoms with Crippen molar-refractivity contribution in [2.75, 3.05) is 32.7 Å². The Morgan fingerprint density at radius 3 is 2.41 bits per heavy atom. The predicted octanol–water partition coefficient (Wildman–Crippen LogP) is 1.08. The summed E-state index contributed by atoms with van der Waals surface area (Å²) in [5, 5.41) is 10.3. The van der Waals surface area contributed by atoms with Crippen molar-refractivity contribution in [3.63, 3.8) is 0 Å². The molecule has 1 unspecified atom stereocenters. The second kappa shape index (κ2) is 8.49. The molecule has 2 aromatic rings. The van der Waals surface area contributed by atoms with E-state index in [1.807, 2.05) is 53.6 Å². The Morgan fingerprint density at radius 2 is 1.85 bits per heavy atom. The predicted molar refractivity (Wildman–Crippen MR) is 107 cm³/mol. The van der Waals surface area contributed by atoms with Crippen molar-refractivity contribution < 1.29 is 13.2 Å². The van der Waals surface area contributed by atoms with E-state index in [1.165, 1.54) is 9.87 Å². The molecule has 1 atom stereocenters. The van der Waals surface area contributed by atoms with Gasteiger partial charge in [-0.2, -0.15) is 12.7 Å². The Morgan fingerprint density at radius 1 is 1.19 bits per heavy atom. The largest absolute Gasteiger partial charge is 0.343 e. The van der Waals surface area contributed by atoms with E-state index in [-0.39, 0.29) is 18.5 Å². The maximum Gasteiger partial charge on any atom is 0.276 e. The van der Waals surface area contributed by atoms with E-state index in [0.29, 0.717) is 26.2 Å². The molecule has 146 valence electrons. The molecule has 1 aromatic heterocycles. The highest BCUT2D eigenvalue weighted by molar-refractivity contribution is 7.86. The number of piperazine rings is 1. The number of benzene rings is 1. The lowest BCUT2D eigenvalue weighted by Crippen LogP contribution is -2.52. The van der Waals surface area contributed by atoms with Crippen LogP contribution in [0.15, 0.2) is 41.8 Å². The summed E-state index contributed by atoms with van der Waals surface area (Å²) in [6.45, 7) is 3.84. The highest BCUT2D eigenvalue weighted by atomic mass is 32.2. The molecule has 1 aromatic carbocycles. The van der Waals surface area contributed by atoms with E-state index < -0.39 is 10.2 Å². The van der Waals surface area contributed by atoms with Crippen LogP contribution in [0.2, 0.25) is 0 Å². The molecule has 0 aliphatic carbocycles. The minimum absolute atomic E-state index is 0.0852. The van der Waals surface area contributed by atoms with Crippen LogP contribution in [0.25, 0.3) is 0 Å². The molecule has 27 heavy (non-hydrogen) atoms. The summed E-state index contributed by atoms with van der Waals surface area (Å²) in [6.07, 6.45) is 0. The van der Waals surface area contributed by atoms with Crippen molar-refractivity contribution >= 4 is 27.5 Å². The topological polar surface area (TPSA) is 95.7 Å². The van der Waals surface area contributed by atoms with Gasteiger partial charge in [0.1, 0.15) is 0 Å². The van der Waals surface area contributed by atoms with Gasteiger partial charge in [0.05, 0.1) is 12.6 Å². The van der Waals surface area contributed by atoms with Crippen LogP contribution in [0.5, 0.6) is 0 Å². The number of carbonyl (C=O) groups excluding carboxylic acids is 1. The summed E-state index contributed by atoms with van der Waals surface area (Å²) in [5.41, 5.74) is 2.21. The Bertz CT molecular complexity index is 859. The summed E-state index contributed by atoms with van der Waals surface area (Å²) >= 11 is 1.61. The molecule has 1 aliphatic rings. The number of aryl methyl sites for hydroxylation is 1. The monoisotopic (exact) mass is 408 g/mol. The standard InChI is InChI=1S/C18H24N4O3S2/c1-14-4-6-15(7-5-14)18(16-3-2-12-26-16)20-17(23)13-21-8-10-22(11-9-21)27(19,24)25/h2-7,12,18H,8-11,13H2,1H3,(H,20,23)(H2,19,24,25). The molecule has 3 N–H and O–H groups in total. The quantitative estimate of drug-likeness (QED) is 0.748. The number of carbonyl (C=O) groups is 1. The minimum Gasteiger partial charge on any atom is -0.343 e. The van der Waals surface area contributed by atoms with Gasteiger partial charge in [0.25, 0.3) is 10.2 Å². The van der Waals surface area contributed by atoms with Crippen LogP contribution in [0.1, 0.15) is 22.0 Å². The fourth-order valence-corrected chi connectivity index (χ4v) is 4.56. The van der Waals surface area contributed by atoms with Crippen LogP contribution in [0, 0.1) is 6.92 Å². The zero-order chi connectivity index (χ0) is 19.4. The lowest BCUT2D eigenvalue weighted by Gasteiger charge is -2.32. The lowest BCUT2D eigenvalue weighted by atomic mass is 10.0. The molecular formula is C18H24N4O3S2. The summed E-state index contributed by atoms with van der Waals surface area (Å²) in [6, 6.07) is 11.9. The average Bonchev–Trinajstić information content (AvgIpc) is 3.14. The molecule has 0 spiro atoms. The number of nitrogens with zero attached hydrogens (tertiary/aromatic N) is 2. The van der Waals surface area contributed by atoms with Gasteiger partial charge in [0, 0.05) is 31.1 Å². The van der Waals surface area contributed by atoms with Crippen LogP contribution in [0.4, 0.5) is 0 Å². The first-order valence-electron chi connectivity index (χ1n) is 8.72. The second-order valence-electron chi connectivity index (χ2n) is 6.65. The van der Waals surface area contributed by atoms with Gasteiger partial charge >= 0.3 is 0 Å². The lowest BCUT2D eigenvalue weighted by molar-refractivity contribution is -0.123. The Labute approximate surface area is 164 Å². The zero-order valence-electron chi connectivity index (χ0n) is 15.2. The summed E-state index contributed by atoms with van der Waals surface area (Å²) < 4.78 is 24.0. The molecule has 9 heteroatoms. The Balaban J connectivity index is 1.63. The van der Waals surface area contributed by atoms with Crippen molar-refractivity contribution in [1.29, 1.82) is 0 Å². The van der Waals surface area contributed by atoms with Crippen LogP contribution >= 0.6 is 11.3 Å². The molecule has 7 nitrogen and oxygen atoms in total. The third-order valence-electron chi connectivity index (χ3n) is 4.60. The highest BCUT2D eigenvalue weighted by Gasteiger charge is 2.26. The van der Waals surface area contributed by atoms with Crippen molar-refractivity contribution in [3.8, 4) is 0 Å². The van der Waals surface area contributed by atoms with Crippen molar-refractivity contribution in [1.82, 2.24) is 14.5 Å². The van der Waals surface area contributed by atoms with Gasteiger partial charge in [-0.05, 0) is 23.9 Å². The van der Waals surface area contributed by atoms with Gasteiger partial charge in [-0.1, -0.05) is 35.9 Å². The normalized spacial score (nSPS) is 17.6. The fourth-order valence-electron chi connectivity index (χ4n) is 3.08. The molecule has 0 bridgehead atoms. The van der Waals surface area contributed by atoms with E-state index in [0.717, 1.165) is 10.4 Å². The van der Waals surface area contributed by atoms with Gasteiger partial charge in [0.15, 0.2) is 0 Å². The Hall–Kier alpha value is -1.78. The van der Waals surface area contributed by atoms with Gasteiger partial charge in [-0.3, -0.25) is 9.69 Å². The first-order valence-corrected chi connectivity index (χ1v) is 11.1. The Kier molecular flexibility index (Phi) is 6.28. The van der Waals surface area contributed by atoms with Crippen LogP contribution in [0.3, 0.4) is 0 Å². The molecule has 3 rings (SSSR count). The van der Waals surface area contributed by atoms with E-state index in [1.54, 1.807) is 11.3 Å². The van der Waals surface area contributed by atoms with E-state index in [9.17, 15) is 13.2 Å². The fraction of sp³-hybridized carbons (Fsp3) is 0.389. The number of rotatable bonds is 6. The minimum atomic E-state index is -3.66. The molecule has 2 heterocycles. The molecule has 1 amide bonds. The van der Waals surface area contributed by atoms with Crippen molar-refractivity contribution in [3.05, 3.63) is 57.8 Å². The molecule has 0 saturated carbocycles. The van der Waals surface area contributed by atoms with Crippen LogP contribution in [-0.2, 0) is 15.0 Å². The average molecular weight is 409 g/mol. The molecule has 1 aliphatic heterocycles. The first-order chi connectivity index (χ1) is 12.8. The smallest absolute Gasteiger partial charge is 0.276 e. The molecular weight excluding hydrogens is 384 g/mol. The van der Waals surface area contributed by atoms with Gasteiger partial charge in [-0.25, -0.2) is 5.14 Å². The van der Waals surface area contributed by atoms with E-state index in [4.69, 9.17) is 5.14 Å². The molecule has 1 saturated heterocycles. The third-order valence-corrected chi connectivity index (χ3v) is 6.62. The van der Waals surface area contributed by atoms with E-state index >= 15 is 0 Å². The first kappa shape index (κ1) is 20.0. The third kappa shape index (κ3) is 5.36. The number of thiophene rings is 1. The van der Waals surface area contributed by atoms with E-state index in [2.05, 4.69) is 5.32 Å². The van der Waals surface area contributed by atoms with Crippen LogP contribution < -0.4 is 10.5 Å². The number of nitrogens with two attached hydrogens (primary N) is 1. The SMILES string of the molecule is Cc1ccc(C(NC(=O)CN2CCN(S(N)(=O)=O)CC2)c2cccs2)cc1. The molecule has 0 radical (unpaired) electrons. The highest BCUT2D eigenvalue weighted by Crippen LogP contribution is 2.26. The number of hydrogen-bond acceptors (Lipinski definition) is 5. The van der Waals surface area contributed by atoms with Crippen molar-refractivity contribution in [2.24, 2.45) is 5.14 Å². The number of nitrogens with one attached hydrogen (secondary N) is 1.